The summed E-state index contributed by atoms with van der Waals surface area (Å²) in [5.74, 6) is 2.35. The van der Waals surface area contributed by atoms with Crippen LogP contribution in [0.15, 0.2) is 24.3 Å². The standard InChI is InChI=1S/C19H25N5O3/c1-22-12-13(25)11-15(22)18-21-20-17-7-8-23(9-10-24(17)18)19(26)14-5-3-4-6-16(14)27-2/h3-6,13,15,25H,7-12H2,1-2H3/t13-,15+/m1/s1. The molecule has 0 unspecified atom stereocenters. The van der Waals surface area contributed by atoms with Crippen molar-refractivity contribution >= 4 is 5.91 Å². The maximum absolute atomic E-state index is 13.0. The number of hydrogen-bond acceptors (Lipinski definition) is 6. The first-order valence-electron chi connectivity index (χ1n) is 9.31. The number of fused-ring (bicyclic) bond motifs is 1. The third-order valence-electron chi connectivity index (χ3n) is 5.50. The van der Waals surface area contributed by atoms with Crippen molar-refractivity contribution in [2.75, 3.05) is 33.8 Å². The van der Waals surface area contributed by atoms with E-state index in [1.54, 1.807) is 19.2 Å². The van der Waals surface area contributed by atoms with Gasteiger partial charge in [0.05, 0.1) is 24.8 Å². The molecule has 1 saturated heterocycles. The summed E-state index contributed by atoms with van der Waals surface area (Å²) in [6.07, 6.45) is 0.994. The monoisotopic (exact) mass is 371 g/mol. The summed E-state index contributed by atoms with van der Waals surface area (Å²) in [6.45, 7) is 2.48. The summed E-state index contributed by atoms with van der Waals surface area (Å²) < 4.78 is 7.46. The first kappa shape index (κ1) is 17.9. The van der Waals surface area contributed by atoms with Crippen LogP contribution in [0, 0.1) is 0 Å². The lowest BCUT2D eigenvalue weighted by Gasteiger charge is -2.22. The largest absolute Gasteiger partial charge is 0.496 e. The summed E-state index contributed by atoms with van der Waals surface area (Å²) in [6, 6.07) is 7.38. The number of carbonyl (C=O) groups excluding carboxylic acids is 1. The van der Waals surface area contributed by atoms with Crippen molar-refractivity contribution in [3.63, 3.8) is 0 Å². The van der Waals surface area contributed by atoms with E-state index in [1.807, 2.05) is 24.1 Å². The highest BCUT2D eigenvalue weighted by atomic mass is 16.5. The number of hydrogen-bond donors (Lipinski definition) is 1. The van der Waals surface area contributed by atoms with Crippen molar-refractivity contribution in [1.82, 2.24) is 24.6 Å². The van der Waals surface area contributed by atoms with Crippen molar-refractivity contribution in [2.45, 2.75) is 31.5 Å². The quantitative estimate of drug-likeness (QED) is 0.856. The van der Waals surface area contributed by atoms with E-state index >= 15 is 0 Å². The molecule has 0 spiro atoms. The molecule has 0 radical (unpaired) electrons. The molecule has 2 aromatic rings. The smallest absolute Gasteiger partial charge is 0.257 e. The van der Waals surface area contributed by atoms with Gasteiger partial charge in [-0.25, -0.2) is 0 Å². The van der Waals surface area contributed by atoms with Gasteiger partial charge in [0.15, 0.2) is 5.82 Å². The molecule has 0 bridgehead atoms. The molecule has 4 rings (SSSR count). The van der Waals surface area contributed by atoms with Crippen LogP contribution in [0.3, 0.4) is 0 Å². The van der Waals surface area contributed by atoms with E-state index in [0.29, 0.717) is 50.3 Å². The zero-order valence-corrected chi connectivity index (χ0v) is 15.7. The van der Waals surface area contributed by atoms with E-state index in [0.717, 1.165) is 11.6 Å². The van der Waals surface area contributed by atoms with E-state index in [4.69, 9.17) is 4.74 Å². The van der Waals surface area contributed by atoms with Crippen molar-refractivity contribution in [3.8, 4) is 5.75 Å². The number of β-amino-alcohol motifs (C(OH)–C–C–N with tert-alkyl or cyclic N) is 1. The third-order valence-corrected chi connectivity index (χ3v) is 5.50. The predicted octanol–water partition coefficient (Wildman–Crippen LogP) is 0.723. The van der Waals surface area contributed by atoms with E-state index in [2.05, 4.69) is 19.7 Å². The Hall–Kier alpha value is -2.45. The van der Waals surface area contributed by atoms with Crippen LogP contribution in [-0.2, 0) is 13.0 Å². The SMILES string of the molecule is COc1ccccc1C(=O)N1CCc2nnc([C@@H]3C[C@@H](O)CN3C)n2CC1. The number of methoxy groups -OCH3 is 1. The second kappa shape index (κ2) is 7.28. The van der Waals surface area contributed by atoms with E-state index in [9.17, 15) is 9.90 Å². The van der Waals surface area contributed by atoms with Crippen LogP contribution < -0.4 is 4.74 Å². The van der Waals surface area contributed by atoms with Gasteiger partial charge in [0, 0.05) is 32.6 Å². The maximum Gasteiger partial charge on any atom is 0.257 e. The van der Waals surface area contributed by atoms with E-state index in [-0.39, 0.29) is 18.1 Å². The fourth-order valence-electron chi connectivity index (χ4n) is 4.06. The Bertz CT molecular complexity index is 837. The van der Waals surface area contributed by atoms with Gasteiger partial charge in [-0.1, -0.05) is 12.1 Å². The summed E-state index contributed by atoms with van der Waals surface area (Å²) in [7, 11) is 3.57. The Morgan fingerprint density at radius 2 is 2.04 bits per heavy atom. The van der Waals surface area contributed by atoms with Gasteiger partial charge in [-0.15, -0.1) is 10.2 Å². The van der Waals surface area contributed by atoms with Gasteiger partial charge < -0.3 is 19.3 Å². The zero-order chi connectivity index (χ0) is 19.0. The molecule has 27 heavy (non-hydrogen) atoms. The Morgan fingerprint density at radius 3 is 2.78 bits per heavy atom. The molecule has 3 heterocycles. The number of ether oxygens (including phenoxy) is 1. The normalized spacial score (nSPS) is 23.1. The minimum Gasteiger partial charge on any atom is -0.496 e. The molecule has 1 amide bonds. The molecule has 8 heteroatoms. The Balaban J connectivity index is 1.53. The fourth-order valence-corrected chi connectivity index (χ4v) is 4.06. The topological polar surface area (TPSA) is 83.7 Å². The Labute approximate surface area is 158 Å². The average Bonchev–Trinajstić information content (AvgIpc) is 3.15. The highest BCUT2D eigenvalue weighted by Gasteiger charge is 2.34. The number of nitrogens with zero attached hydrogens (tertiary/aromatic N) is 5. The number of benzene rings is 1. The third kappa shape index (κ3) is 3.30. The number of aromatic nitrogens is 3. The first-order valence-corrected chi connectivity index (χ1v) is 9.31. The number of amides is 1. The number of para-hydroxylation sites is 1. The lowest BCUT2D eigenvalue weighted by Crippen LogP contribution is -2.34. The Morgan fingerprint density at radius 1 is 1.22 bits per heavy atom. The molecule has 1 aromatic heterocycles. The molecular weight excluding hydrogens is 346 g/mol. The molecule has 1 N–H and O–H groups in total. The average molecular weight is 371 g/mol. The van der Waals surface area contributed by atoms with Crippen LogP contribution in [0.5, 0.6) is 5.75 Å². The van der Waals surface area contributed by atoms with Crippen molar-refractivity contribution in [3.05, 3.63) is 41.5 Å². The van der Waals surface area contributed by atoms with Gasteiger partial charge in [-0.05, 0) is 25.6 Å². The highest BCUT2D eigenvalue weighted by Crippen LogP contribution is 2.30. The predicted molar refractivity (Wildman–Crippen MR) is 98.6 cm³/mol. The van der Waals surface area contributed by atoms with Crippen LogP contribution in [0.1, 0.15) is 34.5 Å². The van der Waals surface area contributed by atoms with Gasteiger partial charge in [0.1, 0.15) is 11.6 Å². The van der Waals surface area contributed by atoms with E-state index in [1.165, 1.54) is 0 Å². The molecule has 144 valence electrons. The molecule has 0 saturated carbocycles. The van der Waals surface area contributed by atoms with E-state index < -0.39 is 0 Å². The molecule has 1 aromatic carbocycles. The Kier molecular flexibility index (Phi) is 4.84. The van der Waals surface area contributed by atoms with Gasteiger partial charge >= 0.3 is 0 Å². The second-order valence-electron chi connectivity index (χ2n) is 7.21. The molecule has 8 nitrogen and oxygen atoms in total. The first-order chi connectivity index (χ1) is 13.1. The van der Waals surface area contributed by atoms with Gasteiger partial charge in [-0.2, -0.15) is 0 Å². The van der Waals surface area contributed by atoms with Crippen LogP contribution in [0.25, 0.3) is 0 Å². The number of carbonyl (C=O) groups is 1. The molecule has 2 aliphatic rings. The van der Waals surface area contributed by atoms with Gasteiger partial charge in [-0.3, -0.25) is 9.69 Å². The maximum atomic E-state index is 13.0. The van der Waals surface area contributed by atoms with Crippen LogP contribution in [0.2, 0.25) is 0 Å². The molecule has 2 aliphatic heterocycles. The zero-order valence-electron chi connectivity index (χ0n) is 15.7. The number of rotatable bonds is 3. The number of likely N-dealkylation sites (N-methyl/N-ethyl adjacent to an activating group) is 1. The minimum absolute atomic E-state index is 0.0267. The lowest BCUT2D eigenvalue weighted by molar-refractivity contribution is 0.0755. The van der Waals surface area contributed by atoms with Crippen LogP contribution in [-0.4, -0.2) is 75.5 Å². The number of aliphatic hydroxyl groups excluding tert-OH is 1. The summed E-state index contributed by atoms with van der Waals surface area (Å²) in [5.41, 5.74) is 0.580. The van der Waals surface area contributed by atoms with Gasteiger partial charge in [0.2, 0.25) is 0 Å². The van der Waals surface area contributed by atoms with Crippen molar-refractivity contribution in [1.29, 1.82) is 0 Å². The summed E-state index contributed by atoms with van der Waals surface area (Å²) in [4.78, 5) is 17.0. The van der Waals surface area contributed by atoms with Crippen molar-refractivity contribution < 1.29 is 14.6 Å². The van der Waals surface area contributed by atoms with Crippen LogP contribution >= 0.6 is 0 Å². The number of likely N-dealkylation sites (tertiary alicyclic amines) is 1. The lowest BCUT2D eigenvalue weighted by atomic mass is 10.1. The molecule has 1 fully saturated rings. The fraction of sp³-hybridized carbons (Fsp3) is 0.526. The van der Waals surface area contributed by atoms with Crippen molar-refractivity contribution in [2.24, 2.45) is 0 Å². The highest BCUT2D eigenvalue weighted by molar-refractivity contribution is 5.97. The van der Waals surface area contributed by atoms with Gasteiger partial charge in [0.25, 0.3) is 5.91 Å². The second-order valence-corrected chi connectivity index (χ2v) is 7.21. The summed E-state index contributed by atoms with van der Waals surface area (Å²) >= 11 is 0. The number of aliphatic hydroxyl groups is 1. The molecular formula is C19H25N5O3. The summed E-state index contributed by atoms with van der Waals surface area (Å²) in [5, 5.41) is 18.7. The minimum atomic E-state index is -0.331. The molecule has 2 atom stereocenters. The molecule has 0 aliphatic carbocycles. The van der Waals surface area contributed by atoms with Crippen LogP contribution in [0.4, 0.5) is 0 Å².